The third kappa shape index (κ3) is 1.79. The molecule has 2 atom stereocenters. The Morgan fingerprint density at radius 2 is 2.36 bits per heavy atom. The van der Waals surface area contributed by atoms with Gasteiger partial charge in [-0.1, -0.05) is 0 Å². The van der Waals surface area contributed by atoms with Crippen LogP contribution < -0.4 is 10.5 Å². The van der Waals surface area contributed by atoms with E-state index in [2.05, 4.69) is 9.82 Å². The SMILES string of the molecule is Cn1cc(S(=O)(=O)NC2CC2N)cn1. The van der Waals surface area contributed by atoms with Gasteiger partial charge in [0, 0.05) is 25.3 Å². The number of aromatic nitrogens is 2. The van der Waals surface area contributed by atoms with Crippen LogP contribution >= 0.6 is 0 Å². The van der Waals surface area contributed by atoms with Crippen molar-refractivity contribution in [3.05, 3.63) is 12.4 Å². The minimum Gasteiger partial charge on any atom is -0.326 e. The Hall–Kier alpha value is -0.920. The molecular formula is C7H12N4O2S. The maximum Gasteiger partial charge on any atom is 0.243 e. The first-order valence-electron chi connectivity index (χ1n) is 4.25. The van der Waals surface area contributed by atoms with E-state index in [1.54, 1.807) is 7.05 Å². The molecule has 2 rings (SSSR count). The monoisotopic (exact) mass is 216 g/mol. The third-order valence-corrected chi connectivity index (χ3v) is 3.58. The van der Waals surface area contributed by atoms with Gasteiger partial charge in [-0.25, -0.2) is 13.1 Å². The number of nitrogens with zero attached hydrogens (tertiary/aromatic N) is 2. The maximum absolute atomic E-state index is 11.6. The first-order valence-corrected chi connectivity index (χ1v) is 5.74. The highest BCUT2D eigenvalue weighted by molar-refractivity contribution is 7.89. The quantitative estimate of drug-likeness (QED) is 0.664. The smallest absolute Gasteiger partial charge is 0.243 e. The number of aryl methyl sites for hydroxylation is 1. The molecule has 1 aliphatic rings. The fourth-order valence-corrected chi connectivity index (χ4v) is 2.44. The van der Waals surface area contributed by atoms with Crippen molar-refractivity contribution in [2.75, 3.05) is 0 Å². The molecule has 0 saturated heterocycles. The van der Waals surface area contributed by atoms with Gasteiger partial charge in [-0.05, 0) is 6.42 Å². The molecule has 1 heterocycles. The van der Waals surface area contributed by atoms with Gasteiger partial charge in [0.05, 0.1) is 6.20 Å². The van der Waals surface area contributed by atoms with Gasteiger partial charge in [-0.15, -0.1) is 0 Å². The summed E-state index contributed by atoms with van der Waals surface area (Å²) in [6, 6.07) is -0.151. The number of sulfonamides is 1. The summed E-state index contributed by atoms with van der Waals surface area (Å²) in [4.78, 5) is 0.180. The molecule has 1 saturated carbocycles. The first kappa shape index (κ1) is 9.63. The Morgan fingerprint density at radius 3 is 2.79 bits per heavy atom. The fraction of sp³-hybridized carbons (Fsp3) is 0.571. The number of rotatable bonds is 3. The van der Waals surface area contributed by atoms with E-state index in [-0.39, 0.29) is 17.0 Å². The van der Waals surface area contributed by atoms with Crippen LogP contribution in [0.5, 0.6) is 0 Å². The van der Waals surface area contributed by atoms with Crippen LogP contribution in [0.15, 0.2) is 17.3 Å². The molecule has 1 aromatic rings. The molecule has 1 fully saturated rings. The van der Waals surface area contributed by atoms with Gasteiger partial charge in [-0.2, -0.15) is 5.10 Å². The van der Waals surface area contributed by atoms with Crippen molar-refractivity contribution in [3.63, 3.8) is 0 Å². The zero-order valence-electron chi connectivity index (χ0n) is 7.71. The zero-order valence-corrected chi connectivity index (χ0v) is 8.53. The Labute approximate surface area is 82.1 Å². The minimum absolute atomic E-state index is 0.0403. The van der Waals surface area contributed by atoms with Crippen LogP contribution in [0.2, 0.25) is 0 Å². The Morgan fingerprint density at radius 1 is 1.71 bits per heavy atom. The summed E-state index contributed by atoms with van der Waals surface area (Å²) in [7, 11) is -1.75. The summed E-state index contributed by atoms with van der Waals surface area (Å²) in [5.74, 6) is 0. The Kier molecular flexibility index (Phi) is 2.09. The van der Waals surface area contributed by atoms with Gasteiger partial charge in [0.15, 0.2) is 0 Å². The first-order chi connectivity index (χ1) is 6.49. The average molecular weight is 216 g/mol. The molecule has 7 heteroatoms. The number of nitrogens with two attached hydrogens (primary N) is 1. The van der Waals surface area contributed by atoms with Crippen molar-refractivity contribution < 1.29 is 8.42 Å². The lowest BCUT2D eigenvalue weighted by atomic mass is 10.7. The van der Waals surface area contributed by atoms with Gasteiger partial charge in [0.1, 0.15) is 4.90 Å². The number of hydrogen-bond donors (Lipinski definition) is 2. The van der Waals surface area contributed by atoms with E-state index in [1.807, 2.05) is 0 Å². The number of nitrogens with one attached hydrogen (secondary N) is 1. The highest BCUT2D eigenvalue weighted by atomic mass is 32.2. The van der Waals surface area contributed by atoms with E-state index in [4.69, 9.17) is 5.73 Å². The molecule has 78 valence electrons. The van der Waals surface area contributed by atoms with Crippen molar-refractivity contribution in [1.82, 2.24) is 14.5 Å². The molecule has 0 amide bonds. The minimum atomic E-state index is -3.42. The molecule has 14 heavy (non-hydrogen) atoms. The molecule has 1 aromatic heterocycles. The van der Waals surface area contributed by atoms with E-state index in [1.165, 1.54) is 17.1 Å². The largest absolute Gasteiger partial charge is 0.326 e. The van der Waals surface area contributed by atoms with E-state index >= 15 is 0 Å². The summed E-state index contributed by atoms with van der Waals surface area (Å²) < 4.78 is 27.2. The zero-order chi connectivity index (χ0) is 10.3. The molecule has 0 spiro atoms. The van der Waals surface area contributed by atoms with Gasteiger partial charge in [0.2, 0.25) is 10.0 Å². The van der Waals surface area contributed by atoms with Gasteiger partial charge in [0.25, 0.3) is 0 Å². The second kappa shape index (κ2) is 3.04. The topological polar surface area (TPSA) is 90.0 Å². The molecule has 0 bridgehead atoms. The van der Waals surface area contributed by atoms with E-state index in [0.717, 1.165) is 0 Å². The van der Waals surface area contributed by atoms with E-state index < -0.39 is 10.0 Å². The van der Waals surface area contributed by atoms with Gasteiger partial charge in [-0.3, -0.25) is 4.68 Å². The second-order valence-electron chi connectivity index (χ2n) is 3.48. The van der Waals surface area contributed by atoms with Crippen LogP contribution in [-0.4, -0.2) is 30.3 Å². The lowest BCUT2D eigenvalue weighted by Crippen LogP contribution is -2.29. The summed E-state index contributed by atoms with van der Waals surface area (Å²) in [5.41, 5.74) is 5.51. The fourth-order valence-electron chi connectivity index (χ4n) is 1.16. The van der Waals surface area contributed by atoms with Crippen LogP contribution in [0.25, 0.3) is 0 Å². The van der Waals surface area contributed by atoms with Crippen molar-refractivity contribution in [1.29, 1.82) is 0 Å². The average Bonchev–Trinajstić information content (AvgIpc) is 2.61. The van der Waals surface area contributed by atoms with Crippen molar-refractivity contribution in [2.24, 2.45) is 12.8 Å². The predicted octanol–water partition coefficient (Wildman–Crippen LogP) is -1.20. The molecule has 0 aliphatic heterocycles. The summed E-state index contributed by atoms with van der Waals surface area (Å²) >= 11 is 0. The van der Waals surface area contributed by atoms with Crippen LogP contribution in [0.3, 0.4) is 0 Å². The Balaban J connectivity index is 2.16. The Bertz CT molecular complexity index is 438. The second-order valence-corrected chi connectivity index (χ2v) is 5.19. The molecular weight excluding hydrogens is 204 g/mol. The van der Waals surface area contributed by atoms with Crippen molar-refractivity contribution >= 4 is 10.0 Å². The molecule has 0 aromatic carbocycles. The van der Waals surface area contributed by atoms with Gasteiger partial charge >= 0.3 is 0 Å². The van der Waals surface area contributed by atoms with Crippen LogP contribution in [0.4, 0.5) is 0 Å². The maximum atomic E-state index is 11.6. The number of hydrogen-bond acceptors (Lipinski definition) is 4. The van der Waals surface area contributed by atoms with Crippen LogP contribution in [0, 0.1) is 0 Å². The van der Waals surface area contributed by atoms with E-state index in [9.17, 15) is 8.42 Å². The third-order valence-electron chi connectivity index (χ3n) is 2.14. The van der Waals surface area contributed by atoms with Crippen molar-refractivity contribution in [2.45, 2.75) is 23.4 Å². The van der Waals surface area contributed by atoms with Crippen LogP contribution in [0.1, 0.15) is 6.42 Å². The van der Waals surface area contributed by atoms with Crippen LogP contribution in [-0.2, 0) is 17.1 Å². The molecule has 1 aliphatic carbocycles. The summed E-state index contributed by atoms with van der Waals surface area (Å²) in [5, 5.41) is 3.80. The highest BCUT2D eigenvalue weighted by Gasteiger charge is 2.37. The van der Waals surface area contributed by atoms with Gasteiger partial charge < -0.3 is 5.73 Å². The normalized spacial score (nSPS) is 26.4. The standard InChI is InChI=1S/C7H12N4O2S/c1-11-4-5(3-9-11)14(12,13)10-7-2-6(7)8/h3-4,6-7,10H,2,8H2,1H3. The molecule has 3 N–H and O–H groups in total. The molecule has 0 radical (unpaired) electrons. The summed E-state index contributed by atoms with van der Waals surface area (Å²) in [6.07, 6.45) is 3.48. The van der Waals surface area contributed by atoms with E-state index in [0.29, 0.717) is 6.42 Å². The highest BCUT2D eigenvalue weighted by Crippen LogP contribution is 2.20. The van der Waals surface area contributed by atoms with Crippen molar-refractivity contribution in [3.8, 4) is 0 Å². The predicted molar refractivity (Wildman–Crippen MR) is 49.9 cm³/mol. The molecule has 2 unspecified atom stereocenters. The summed E-state index contributed by atoms with van der Waals surface area (Å²) in [6.45, 7) is 0. The molecule has 6 nitrogen and oxygen atoms in total. The lowest BCUT2D eigenvalue weighted by molar-refractivity contribution is 0.579. The lowest BCUT2D eigenvalue weighted by Gasteiger charge is -2.01.